The van der Waals surface area contributed by atoms with Crippen LogP contribution in [0.5, 0.6) is 0 Å². The molecule has 1 aliphatic rings. The Morgan fingerprint density at radius 2 is 1.75 bits per heavy atom. The molecule has 3 amide bonds. The van der Waals surface area contributed by atoms with E-state index in [1.165, 1.54) is 0 Å². The Bertz CT molecular complexity index is 1120. The number of amides is 3. The van der Waals surface area contributed by atoms with Crippen molar-refractivity contribution >= 4 is 45.8 Å². The van der Waals surface area contributed by atoms with E-state index in [1.807, 2.05) is 48.7 Å². The molecule has 0 saturated carbocycles. The largest absolute Gasteiger partial charge is 0.368 e. The van der Waals surface area contributed by atoms with Gasteiger partial charge < -0.3 is 10.3 Å². The van der Waals surface area contributed by atoms with Gasteiger partial charge in [-0.2, -0.15) is 0 Å². The fraction of sp³-hybridized carbons (Fsp3) is 0.0952. The van der Waals surface area contributed by atoms with Crippen molar-refractivity contribution in [3.63, 3.8) is 0 Å². The minimum Gasteiger partial charge on any atom is -0.368 e. The summed E-state index contributed by atoms with van der Waals surface area (Å²) in [6.45, 7) is 0.288. The number of rotatable bonds is 5. The normalized spacial score (nSPS) is 15.7. The number of primary amides is 1. The van der Waals surface area contributed by atoms with Crippen molar-refractivity contribution in [2.45, 2.75) is 6.54 Å². The van der Waals surface area contributed by atoms with E-state index in [1.54, 1.807) is 6.08 Å². The molecule has 0 aliphatic carbocycles. The summed E-state index contributed by atoms with van der Waals surface area (Å²) in [6, 6.07) is 18.0. The highest BCUT2D eigenvalue weighted by molar-refractivity contribution is 8.18. The zero-order valence-electron chi connectivity index (χ0n) is 14.9. The molecule has 4 rings (SSSR count). The Hall–Kier alpha value is -3.32. The molecule has 2 N–H and O–H groups in total. The van der Waals surface area contributed by atoms with Crippen molar-refractivity contribution < 1.29 is 14.4 Å². The van der Waals surface area contributed by atoms with Crippen LogP contribution in [0.3, 0.4) is 0 Å². The topological polar surface area (TPSA) is 85.4 Å². The smallest absolute Gasteiger partial charge is 0.294 e. The Balaban J connectivity index is 1.72. The number of hydrogen-bond acceptors (Lipinski definition) is 4. The first-order chi connectivity index (χ1) is 13.5. The quantitative estimate of drug-likeness (QED) is 0.677. The highest BCUT2D eigenvalue weighted by Gasteiger charge is 2.36. The average molecular weight is 391 g/mol. The van der Waals surface area contributed by atoms with E-state index in [-0.39, 0.29) is 4.91 Å². The predicted octanol–water partition coefficient (Wildman–Crippen LogP) is 3.21. The second kappa shape index (κ2) is 7.36. The summed E-state index contributed by atoms with van der Waals surface area (Å²) < 4.78 is 2.12. The molecule has 3 aromatic rings. The molecule has 2 heterocycles. The minimum atomic E-state index is -0.719. The van der Waals surface area contributed by atoms with Gasteiger partial charge >= 0.3 is 0 Å². The number of fused-ring (bicyclic) bond motifs is 1. The van der Waals surface area contributed by atoms with Crippen LogP contribution in [0.4, 0.5) is 4.79 Å². The minimum absolute atomic E-state index is 0.286. The van der Waals surface area contributed by atoms with Crippen molar-refractivity contribution in [3.05, 3.63) is 76.8 Å². The van der Waals surface area contributed by atoms with Crippen molar-refractivity contribution in [2.24, 2.45) is 5.73 Å². The molecule has 1 aromatic heterocycles. The highest BCUT2D eigenvalue weighted by Crippen LogP contribution is 2.34. The lowest BCUT2D eigenvalue weighted by Gasteiger charge is -2.08. The molecule has 28 heavy (non-hydrogen) atoms. The van der Waals surface area contributed by atoms with E-state index in [2.05, 4.69) is 16.7 Å². The summed E-state index contributed by atoms with van der Waals surface area (Å²) >= 11 is 0.822. The number of imide groups is 1. The Morgan fingerprint density at radius 3 is 2.50 bits per heavy atom. The second-order valence-corrected chi connectivity index (χ2v) is 7.44. The number of para-hydroxylation sites is 1. The van der Waals surface area contributed by atoms with Gasteiger partial charge in [-0.1, -0.05) is 48.5 Å². The average Bonchev–Trinajstić information content (AvgIpc) is 3.15. The van der Waals surface area contributed by atoms with Gasteiger partial charge in [0.15, 0.2) is 0 Å². The van der Waals surface area contributed by atoms with Gasteiger partial charge in [0.1, 0.15) is 6.54 Å². The van der Waals surface area contributed by atoms with Crippen molar-refractivity contribution in [1.82, 2.24) is 9.47 Å². The number of aromatic nitrogens is 1. The van der Waals surface area contributed by atoms with E-state index >= 15 is 0 Å². The van der Waals surface area contributed by atoms with Crippen LogP contribution in [0.1, 0.15) is 11.1 Å². The number of nitrogens with two attached hydrogens (primary N) is 1. The van der Waals surface area contributed by atoms with Crippen LogP contribution in [0.2, 0.25) is 0 Å². The van der Waals surface area contributed by atoms with Gasteiger partial charge in [0, 0.05) is 29.2 Å². The standard InChI is InChI=1S/C21H17N3O3S/c22-19(25)13-24-20(26)18(28-21(24)27)10-15-12-23(11-14-6-2-1-3-7-14)17-9-5-4-8-16(15)17/h1-10,12H,11,13H2,(H2,22,25)/b18-10-. The lowest BCUT2D eigenvalue weighted by atomic mass is 10.1. The van der Waals surface area contributed by atoms with Crippen LogP contribution >= 0.6 is 11.8 Å². The SMILES string of the molecule is NC(=O)CN1C(=O)S/C(=C\c2cn(Cc3ccccc3)c3ccccc23)C1=O. The van der Waals surface area contributed by atoms with Gasteiger partial charge in [0.25, 0.3) is 11.1 Å². The van der Waals surface area contributed by atoms with Gasteiger partial charge in [-0.05, 0) is 29.5 Å². The van der Waals surface area contributed by atoms with Gasteiger partial charge in [-0.3, -0.25) is 19.3 Å². The summed E-state index contributed by atoms with van der Waals surface area (Å²) in [6.07, 6.45) is 3.68. The molecule has 1 saturated heterocycles. The number of nitrogens with zero attached hydrogens (tertiary/aromatic N) is 2. The monoisotopic (exact) mass is 391 g/mol. The first-order valence-electron chi connectivity index (χ1n) is 8.68. The third-order valence-electron chi connectivity index (χ3n) is 4.49. The maximum atomic E-state index is 12.5. The predicted molar refractivity (Wildman–Crippen MR) is 109 cm³/mol. The first-order valence-corrected chi connectivity index (χ1v) is 9.50. The van der Waals surface area contributed by atoms with Crippen LogP contribution in [0.15, 0.2) is 65.7 Å². The van der Waals surface area contributed by atoms with Crippen molar-refractivity contribution in [1.29, 1.82) is 0 Å². The maximum absolute atomic E-state index is 12.5. The second-order valence-electron chi connectivity index (χ2n) is 6.45. The van der Waals surface area contributed by atoms with E-state index in [0.29, 0.717) is 6.54 Å². The maximum Gasteiger partial charge on any atom is 0.294 e. The van der Waals surface area contributed by atoms with Gasteiger partial charge in [0.2, 0.25) is 5.91 Å². The zero-order valence-corrected chi connectivity index (χ0v) is 15.7. The molecular formula is C21H17N3O3S. The third kappa shape index (κ3) is 3.44. The molecule has 0 radical (unpaired) electrons. The molecule has 7 heteroatoms. The van der Waals surface area contributed by atoms with E-state index in [9.17, 15) is 14.4 Å². The fourth-order valence-corrected chi connectivity index (χ4v) is 4.06. The third-order valence-corrected chi connectivity index (χ3v) is 5.40. The van der Waals surface area contributed by atoms with Crippen LogP contribution in [-0.2, 0) is 16.1 Å². The molecule has 0 unspecified atom stereocenters. The van der Waals surface area contributed by atoms with Crippen LogP contribution in [0.25, 0.3) is 17.0 Å². The van der Waals surface area contributed by atoms with E-state index in [4.69, 9.17) is 5.73 Å². The number of thioether (sulfide) groups is 1. The number of carbonyl (C=O) groups excluding carboxylic acids is 3. The number of hydrogen-bond donors (Lipinski definition) is 1. The molecule has 0 spiro atoms. The Morgan fingerprint density at radius 1 is 1.04 bits per heavy atom. The van der Waals surface area contributed by atoms with E-state index in [0.717, 1.165) is 38.7 Å². The lowest BCUT2D eigenvalue weighted by Crippen LogP contribution is -2.36. The molecule has 1 aliphatic heterocycles. The Kier molecular flexibility index (Phi) is 4.75. The molecule has 2 aromatic carbocycles. The Labute approximate surface area is 165 Å². The lowest BCUT2D eigenvalue weighted by molar-refractivity contribution is -0.127. The molecule has 1 fully saturated rings. The summed E-state index contributed by atoms with van der Waals surface area (Å²) in [5, 5.41) is 0.503. The summed E-state index contributed by atoms with van der Waals surface area (Å²) in [4.78, 5) is 36.8. The van der Waals surface area contributed by atoms with Crippen LogP contribution in [0, 0.1) is 0 Å². The number of benzene rings is 2. The molecule has 6 nitrogen and oxygen atoms in total. The number of carbonyl (C=O) groups is 3. The fourth-order valence-electron chi connectivity index (χ4n) is 3.23. The summed E-state index contributed by atoms with van der Waals surface area (Å²) in [5.41, 5.74) is 8.17. The molecule has 0 bridgehead atoms. The van der Waals surface area contributed by atoms with Crippen molar-refractivity contribution in [2.75, 3.05) is 6.54 Å². The molecule has 140 valence electrons. The zero-order chi connectivity index (χ0) is 19.7. The van der Waals surface area contributed by atoms with E-state index < -0.39 is 23.6 Å². The van der Waals surface area contributed by atoms with Gasteiger partial charge in [0.05, 0.1) is 4.91 Å². The summed E-state index contributed by atoms with van der Waals surface area (Å²) in [5.74, 6) is -1.21. The highest BCUT2D eigenvalue weighted by atomic mass is 32.2. The van der Waals surface area contributed by atoms with Crippen molar-refractivity contribution in [3.8, 4) is 0 Å². The summed E-state index contributed by atoms with van der Waals surface area (Å²) in [7, 11) is 0. The van der Waals surface area contributed by atoms with Gasteiger partial charge in [-0.25, -0.2) is 0 Å². The molecule has 0 atom stereocenters. The van der Waals surface area contributed by atoms with Crippen LogP contribution in [-0.4, -0.2) is 33.1 Å². The van der Waals surface area contributed by atoms with Crippen LogP contribution < -0.4 is 5.73 Å². The first kappa shape index (κ1) is 18.1. The van der Waals surface area contributed by atoms with Gasteiger partial charge in [-0.15, -0.1) is 0 Å². The molecular weight excluding hydrogens is 374 g/mol.